The van der Waals surface area contributed by atoms with Gasteiger partial charge in [-0.2, -0.15) is 31.7 Å². The summed E-state index contributed by atoms with van der Waals surface area (Å²) in [6.07, 6.45) is -7.87. The summed E-state index contributed by atoms with van der Waals surface area (Å²) >= 11 is 0. The number of nitrogens with zero attached hydrogens (tertiary/aromatic N) is 2. The SMILES string of the molecule is O=C(NCC(O)C(F)(F)F)c1cc(-c2ccc(OC(F)F)cc2)nn(-c2cccc(F)c2)c1=O. The fourth-order valence-electron chi connectivity index (χ4n) is 2.79. The molecule has 2 N–H and O–H groups in total. The van der Waals surface area contributed by atoms with E-state index < -0.39 is 48.3 Å². The quantitative estimate of drug-likeness (QED) is 0.499. The Hall–Kier alpha value is -3.87. The van der Waals surface area contributed by atoms with Crippen molar-refractivity contribution in [3.05, 3.63) is 76.3 Å². The number of alkyl halides is 5. The van der Waals surface area contributed by atoms with Crippen LogP contribution in [0.1, 0.15) is 10.4 Å². The van der Waals surface area contributed by atoms with E-state index in [9.17, 15) is 35.9 Å². The van der Waals surface area contributed by atoms with Crippen molar-refractivity contribution in [3.8, 4) is 22.7 Å². The minimum Gasteiger partial charge on any atom is -0.435 e. The molecule has 1 unspecified atom stereocenters. The molecule has 1 heterocycles. The van der Waals surface area contributed by atoms with E-state index >= 15 is 0 Å². The number of aliphatic hydroxyl groups is 1. The zero-order chi connectivity index (χ0) is 25.0. The average molecular weight is 487 g/mol. The summed E-state index contributed by atoms with van der Waals surface area (Å²) < 4.78 is 80.9. The number of hydrogen-bond acceptors (Lipinski definition) is 5. The monoisotopic (exact) mass is 487 g/mol. The molecule has 1 aromatic heterocycles. The van der Waals surface area contributed by atoms with Gasteiger partial charge in [-0.05, 0) is 48.5 Å². The fourth-order valence-corrected chi connectivity index (χ4v) is 2.79. The number of aromatic nitrogens is 2. The molecule has 0 saturated heterocycles. The number of hydrogen-bond donors (Lipinski definition) is 2. The van der Waals surface area contributed by atoms with Gasteiger partial charge in [-0.25, -0.2) is 4.39 Å². The molecule has 2 aromatic carbocycles. The minimum absolute atomic E-state index is 0.0611. The number of amides is 1. The number of benzene rings is 2. The summed E-state index contributed by atoms with van der Waals surface area (Å²) in [4.78, 5) is 25.4. The largest absolute Gasteiger partial charge is 0.435 e. The van der Waals surface area contributed by atoms with Crippen molar-refractivity contribution in [2.75, 3.05) is 6.54 Å². The van der Waals surface area contributed by atoms with Crippen molar-refractivity contribution in [3.63, 3.8) is 0 Å². The first-order chi connectivity index (χ1) is 16.0. The smallest absolute Gasteiger partial charge is 0.416 e. The van der Waals surface area contributed by atoms with E-state index in [1.807, 2.05) is 5.32 Å². The van der Waals surface area contributed by atoms with E-state index in [0.717, 1.165) is 18.2 Å². The summed E-state index contributed by atoms with van der Waals surface area (Å²) in [5, 5.41) is 15.0. The topological polar surface area (TPSA) is 93.4 Å². The van der Waals surface area contributed by atoms with Crippen molar-refractivity contribution in [2.24, 2.45) is 0 Å². The number of halogens is 6. The van der Waals surface area contributed by atoms with Gasteiger partial charge in [0, 0.05) is 5.56 Å². The average Bonchev–Trinajstić information content (AvgIpc) is 2.77. The lowest BCUT2D eigenvalue weighted by Crippen LogP contribution is -2.42. The molecule has 0 aliphatic rings. The first-order valence-electron chi connectivity index (χ1n) is 9.44. The zero-order valence-electron chi connectivity index (χ0n) is 16.9. The maximum absolute atomic E-state index is 13.7. The maximum Gasteiger partial charge on any atom is 0.416 e. The second-order valence-corrected chi connectivity index (χ2v) is 6.81. The van der Waals surface area contributed by atoms with Crippen LogP contribution in [-0.4, -0.2) is 46.2 Å². The Bertz CT molecular complexity index is 1230. The summed E-state index contributed by atoms with van der Waals surface area (Å²) in [5.41, 5.74) is -1.67. The third-order valence-electron chi connectivity index (χ3n) is 4.42. The molecule has 3 rings (SSSR count). The molecule has 0 saturated carbocycles. The molecular weight excluding hydrogens is 472 g/mol. The Morgan fingerprint density at radius 1 is 1.12 bits per heavy atom. The predicted octanol–water partition coefficient (Wildman–Crippen LogP) is 3.29. The van der Waals surface area contributed by atoms with Crippen molar-refractivity contribution in [1.82, 2.24) is 15.1 Å². The highest BCUT2D eigenvalue weighted by atomic mass is 19.4. The van der Waals surface area contributed by atoms with E-state index in [0.29, 0.717) is 4.68 Å². The number of carbonyl (C=O) groups excluding carboxylic acids is 1. The van der Waals surface area contributed by atoms with E-state index in [1.54, 1.807) is 0 Å². The predicted molar refractivity (Wildman–Crippen MR) is 106 cm³/mol. The number of carbonyl (C=O) groups is 1. The molecule has 180 valence electrons. The van der Waals surface area contributed by atoms with Crippen LogP contribution in [0.5, 0.6) is 5.75 Å². The summed E-state index contributed by atoms with van der Waals surface area (Å²) in [6, 6.07) is 10.5. The van der Waals surface area contributed by atoms with Crippen molar-refractivity contribution >= 4 is 5.91 Å². The maximum atomic E-state index is 13.7. The molecule has 3 aromatic rings. The van der Waals surface area contributed by atoms with Gasteiger partial charge in [-0.15, -0.1) is 0 Å². The highest BCUT2D eigenvalue weighted by molar-refractivity contribution is 5.94. The lowest BCUT2D eigenvalue weighted by molar-refractivity contribution is -0.201. The third kappa shape index (κ3) is 5.92. The number of aliphatic hydroxyl groups excluding tert-OH is 1. The van der Waals surface area contributed by atoms with Crippen LogP contribution >= 0.6 is 0 Å². The second kappa shape index (κ2) is 9.95. The fraction of sp³-hybridized carbons (Fsp3) is 0.190. The molecule has 0 spiro atoms. The Kier molecular flexibility index (Phi) is 7.25. The first kappa shape index (κ1) is 24.8. The first-order valence-corrected chi connectivity index (χ1v) is 9.44. The Morgan fingerprint density at radius 2 is 1.79 bits per heavy atom. The molecule has 34 heavy (non-hydrogen) atoms. The molecule has 0 aliphatic heterocycles. The molecule has 0 fully saturated rings. The molecule has 0 bridgehead atoms. The van der Waals surface area contributed by atoms with Gasteiger partial charge in [0.15, 0.2) is 6.10 Å². The van der Waals surface area contributed by atoms with Gasteiger partial charge in [0.25, 0.3) is 11.5 Å². The van der Waals surface area contributed by atoms with E-state index in [-0.39, 0.29) is 22.7 Å². The van der Waals surface area contributed by atoms with Crippen LogP contribution in [0.2, 0.25) is 0 Å². The Balaban J connectivity index is 2.05. The van der Waals surface area contributed by atoms with Crippen molar-refractivity contribution in [1.29, 1.82) is 0 Å². The van der Waals surface area contributed by atoms with Crippen LogP contribution in [-0.2, 0) is 0 Å². The standard InChI is InChI=1S/C21H15F6N3O4/c22-12-2-1-3-13(8-12)30-19(33)15(18(32)28-10-17(31)21(25,26)27)9-16(29-30)11-4-6-14(7-5-11)34-20(23)24/h1-9,17,20,31H,10H2,(H,28,32). The van der Waals surface area contributed by atoms with Gasteiger partial charge in [-0.3, -0.25) is 9.59 Å². The number of ether oxygens (including phenoxy) is 1. The summed E-state index contributed by atoms with van der Waals surface area (Å²) in [5.74, 6) is -2.17. The number of nitrogens with one attached hydrogen (secondary N) is 1. The van der Waals surface area contributed by atoms with Gasteiger partial charge in [-0.1, -0.05) is 6.07 Å². The van der Waals surface area contributed by atoms with Gasteiger partial charge < -0.3 is 15.2 Å². The van der Waals surface area contributed by atoms with Gasteiger partial charge in [0.2, 0.25) is 0 Å². The second-order valence-electron chi connectivity index (χ2n) is 6.81. The van der Waals surface area contributed by atoms with Crippen LogP contribution in [0.4, 0.5) is 26.3 Å². The summed E-state index contributed by atoms with van der Waals surface area (Å²) in [6.45, 7) is -4.29. The highest BCUT2D eigenvalue weighted by Crippen LogP contribution is 2.23. The van der Waals surface area contributed by atoms with E-state index in [4.69, 9.17) is 5.11 Å². The van der Waals surface area contributed by atoms with E-state index in [1.165, 1.54) is 36.4 Å². The lowest BCUT2D eigenvalue weighted by Gasteiger charge is -2.15. The molecule has 7 nitrogen and oxygen atoms in total. The third-order valence-corrected chi connectivity index (χ3v) is 4.42. The van der Waals surface area contributed by atoms with Crippen molar-refractivity contribution in [2.45, 2.75) is 18.9 Å². The molecule has 13 heteroatoms. The minimum atomic E-state index is -5.00. The van der Waals surface area contributed by atoms with Gasteiger partial charge >= 0.3 is 12.8 Å². The van der Waals surface area contributed by atoms with Gasteiger partial charge in [0.05, 0.1) is 17.9 Å². The van der Waals surface area contributed by atoms with Crippen LogP contribution < -0.4 is 15.6 Å². The number of rotatable bonds is 7. The van der Waals surface area contributed by atoms with Crippen LogP contribution in [0.15, 0.2) is 59.4 Å². The Labute approximate surface area is 187 Å². The van der Waals surface area contributed by atoms with Gasteiger partial charge in [0.1, 0.15) is 17.1 Å². The van der Waals surface area contributed by atoms with Crippen LogP contribution in [0.25, 0.3) is 16.9 Å². The van der Waals surface area contributed by atoms with Crippen LogP contribution in [0, 0.1) is 5.82 Å². The van der Waals surface area contributed by atoms with Crippen molar-refractivity contribution < 1.29 is 41.0 Å². The Morgan fingerprint density at radius 3 is 2.38 bits per heavy atom. The van der Waals surface area contributed by atoms with Crippen LogP contribution in [0.3, 0.4) is 0 Å². The molecule has 1 amide bonds. The molecule has 0 aliphatic carbocycles. The highest BCUT2D eigenvalue weighted by Gasteiger charge is 2.38. The lowest BCUT2D eigenvalue weighted by atomic mass is 10.1. The summed E-state index contributed by atoms with van der Waals surface area (Å²) in [7, 11) is 0. The normalized spacial score (nSPS) is 12.5. The molecule has 0 radical (unpaired) electrons. The van der Waals surface area contributed by atoms with E-state index in [2.05, 4.69) is 9.84 Å². The molecule has 1 atom stereocenters. The molecular formula is C21H15F6N3O4. The zero-order valence-corrected chi connectivity index (χ0v) is 16.9.